The van der Waals surface area contributed by atoms with Crippen molar-refractivity contribution in [2.45, 2.75) is 33.6 Å². The first kappa shape index (κ1) is 22.7. The first-order valence-electron chi connectivity index (χ1n) is 11.0. The molecular weight excluding hydrogens is 396 g/mol. The lowest BCUT2D eigenvalue weighted by Gasteiger charge is -2.31. The number of carbonyl (C=O) groups excluding carboxylic acids is 1. The highest BCUT2D eigenvalue weighted by atomic mass is 16.5. The molecule has 1 N–H and O–H groups in total. The van der Waals surface area contributed by atoms with Gasteiger partial charge in [-0.2, -0.15) is 0 Å². The van der Waals surface area contributed by atoms with Crippen LogP contribution in [0.3, 0.4) is 0 Å². The Kier molecular flexibility index (Phi) is 8.32. The highest BCUT2D eigenvalue weighted by Crippen LogP contribution is 2.39. The lowest BCUT2D eigenvalue weighted by molar-refractivity contribution is 0.0943. The minimum absolute atomic E-state index is 0.140. The molecule has 2 aromatic rings. The third-order valence-electron chi connectivity index (χ3n) is 5.17. The topological polar surface area (TPSA) is 85.8 Å². The number of amides is 1. The molecule has 0 bridgehead atoms. The van der Waals surface area contributed by atoms with Crippen LogP contribution < -0.4 is 24.4 Å². The summed E-state index contributed by atoms with van der Waals surface area (Å²) in [5.41, 5.74) is 0.505. The molecule has 1 fully saturated rings. The molecule has 2 heterocycles. The van der Waals surface area contributed by atoms with Crippen LogP contribution in [-0.2, 0) is 0 Å². The lowest BCUT2D eigenvalue weighted by Crippen LogP contribution is -2.39. The van der Waals surface area contributed by atoms with E-state index in [-0.39, 0.29) is 5.91 Å². The molecule has 8 nitrogen and oxygen atoms in total. The number of piperidine rings is 1. The van der Waals surface area contributed by atoms with Gasteiger partial charge in [-0.15, -0.1) is 0 Å². The number of ether oxygens (including phenoxy) is 3. The van der Waals surface area contributed by atoms with Gasteiger partial charge < -0.3 is 24.4 Å². The number of hydrogen-bond acceptors (Lipinski definition) is 7. The summed E-state index contributed by atoms with van der Waals surface area (Å²) in [6.07, 6.45) is 5.49. The van der Waals surface area contributed by atoms with Gasteiger partial charge in [0.2, 0.25) is 11.7 Å². The van der Waals surface area contributed by atoms with E-state index in [1.807, 2.05) is 26.8 Å². The summed E-state index contributed by atoms with van der Waals surface area (Å²) in [6, 6.07) is 5.27. The molecule has 8 heteroatoms. The fourth-order valence-corrected chi connectivity index (χ4v) is 3.65. The van der Waals surface area contributed by atoms with E-state index in [2.05, 4.69) is 20.2 Å². The number of nitrogens with zero attached hydrogens (tertiary/aromatic N) is 3. The van der Waals surface area contributed by atoms with Crippen molar-refractivity contribution in [3.8, 4) is 17.2 Å². The fourth-order valence-electron chi connectivity index (χ4n) is 3.65. The highest BCUT2D eigenvalue weighted by Gasteiger charge is 2.22. The van der Waals surface area contributed by atoms with Gasteiger partial charge in [-0.1, -0.05) is 0 Å². The van der Waals surface area contributed by atoms with Gasteiger partial charge in [-0.25, -0.2) is 9.97 Å². The maximum Gasteiger partial charge on any atom is 0.251 e. The van der Waals surface area contributed by atoms with Crippen molar-refractivity contribution in [3.63, 3.8) is 0 Å². The number of anilines is 1. The fraction of sp³-hybridized carbons (Fsp3) is 0.522. The largest absolute Gasteiger partial charge is 0.490 e. The summed E-state index contributed by atoms with van der Waals surface area (Å²) in [7, 11) is 0. The zero-order valence-electron chi connectivity index (χ0n) is 18.6. The number of rotatable bonds is 10. The predicted octanol–water partition coefficient (Wildman–Crippen LogP) is 3.32. The van der Waals surface area contributed by atoms with Crippen LogP contribution in [0.4, 0.5) is 5.95 Å². The third kappa shape index (κ3) is 5.99. The Morgan fingerprint density at radius 1 is 1.00 bits per heavy atom. The second-order valence-corrected chi connectivity index (χ2v) is 7.29. The number of hydrogen-bond donors (Lipinski definition) is 1. The van der Waals surface area contributed by atoms with Gasteiger partial charge in [-0.3, -0.25) is 4.79 Å². The van der Waals surface area contributed by atoms with Gasteiger partial charge in [0.1, 0.15) is 0 Å². The minimum atomic E-state index is -0.140. The summed E-state index contributed by atoms with van der Waals surface area (Å²) < 4.78 is 17.1. The molecule has 0 unspecified atom stereocenters. The number of carbonyl (C=O) groups is 1. The molecule has 3 rings (SSSR count). The van der Waals surface area contributed by atoms with Crippen molar-refractivity contribution >= 4 is 11.9 Å². The average molecular weight is 429 g/mol. The standard InChI is InChI=1S/C23H32N4O4/c1-4-29-19-14-18(15-20(30-5-2)21(19)31-6-3)22(28)26-16-17-8-12-27(13-9-17)23-24-10-7-11-25-23/h7,10-11,14-15,17H,4-6,8-9,12-13,16H2,1-3H3,(H,26,28). The van der Waals surface area contributed by atoms with Gasteiger partial charge in [-0.05, 0) is 57.7 Å². The van der Waals surface area contributed by atoms with E-state index in [0.717, 1.165) is 31.9 Å². The van der Waals surface area contributed by atoms with Gasteiger partial charge in [0.05, 0.1) is 19.8 Å². The Balaban J connectivity index is 1.61. The summed E-state index contributed by atoms with van der Waals surface area (Å²) >= 11 is 0. The van der Waals surface area contributed by atoms with Crippen molar-refractivity contribution in [2.24, 2.45) is 5.92 Å². The van der Waals surface area contributed by atoms with Gasteiger partial charge >= 0.3 is 0 Å². The van der Waals surface area contributed by atoms with E-state index < -0.39 is 0 Å². The highest BCUT2D eigenvalue weighted by molar-refractivity contribution is 5.95. The van der Waals surface area contributed by atoms with Crippen molar-refractivity contribution in [3.05, 3.63) is 36.2 Å². The Morgan fingerprint density at radius 2 is 1.58 bits per heavy atom. The van der Waals surface area contributed by atoms with Crippen LogP contribution in [0.25, 0.3) is 0 Å². The summed E-state index contributed by atoms with van der Waals surface area (Å²) in [5, 5.41) is 3.07. The van der Waals surface area contributed by atoms with E-state index >= 15 is 0 Å². The lowest BCUT2D eigenvalue weighted by atomic mass is 9.97. The van der Waals surface area contributed by atoms with Crippen LogP contribution in [-0.4, -0.2) is 55.3 Å². The molecule has 1 aromatic heterocycles. The first-order chi connectivity index (χ1) is 15.2. The average Bonchev–Trinajstić information content (AvgIpc) is 2.80. The van der Waals surface area contributed by atoms with Crippen LogP contribution in [0, 0.1) is 5.92 Å². The molecule has 1 aliphatic heterocycles. The molecule has 1 aliphatic rings. The van der Waals surface area contributed by atoms with Crippen LogP contribution in [0.2, 0.25) is 0 Å². The van der Waals surface area contributed by atoms with Gasteiger partial charge in [0.25, 0.3) is 5.91 Å². The summed E-state index contributed by atoms with van der Waals surface area (Å²) in [4.78, 5) is 23.7. The Labute approximate surface area is 183 Å². The number of nitrogens with one attached hydrogen (secondary N) is 1. The monoisotopic (exact) mass is 428 g/mol. The van der Waals surface area contributed by atoms with Crippen molar-refractivity contribution in [1.82, 2.24) is 15.3 Å². The molecule has 0 aliphatic carbocycles. The van der Waals surface area contributed by atoms with Crippen molar-refractivity contribution in [1.29, 1.82) is 0 Å². The maximum atomic E-state index is 12.9. The second-order valence-electron chi connectivity index (χ2n) is 7.29. The molecule has 1 aromatic carbocycles. The first-order valence-corrected chi connectivity index (χ1v) is 11.0. The van der Waals surface area contributed by atoms with E-state index in [9.17, 15) is 4.79 Å². The Hall–Kier alpha value is -3.03. The molecule has 1 saturated heterocycles. The zero-order valence-corrected chi connectivity index (χ0v) is 18.6. The summed E-state index contributed by atoms with van der Waals surface area (Å²) in [5.74, 6) is 2.64. The van der Waals surface area contributed by atoms with E-state index in [1.54, 1.807) is 24.5 Å². The van der Waals surface area contributed by atoms with Crippen molar-refractivity contribution < 1.29 is 19.0 Å². The van der Waals surface area contributed by atoms with Crippen LogP contribution in [0.5, 0.6) is 17.2 Å². The molecule has 0 radical (unpaired) electrons. The third-order valence-corrected chi connectivity index (χ3v) is 5.17. The maximum absolute atomic E-state index is 12.9. The zero-order chi connectivity index (χ0) is 22.1. The second kappa shape index (κ2) is 11.4. The number of aromatic nitrogens is 2. The SMILES string of the molecule is CCOc1cc(C(=O)NCC2CCN(c3ncccn3)CC2)cc(OCC)c1OCC. The molecule has 0 atom stereocenters. The smallest absolute Gasteiger partial charge is 0.251 e. The quantitative estimate of drug-likeness (QED) is 0.621. The summed E-state index contributed by atoms with van der Waals surface area (Å²) in [6.45, 7) is 9.53. The van der Waals surface area contributed by atoms with Crippen LogP contribution in [0.15, 0.2) is 30.6 Å². The van der Waals surface area contributed by atoms with E-state index in [1.165, 1.54) is 0 Å². The molecule has 168 valence electrons. The van der Waals surface area contributed by atoms with Crippen LogP contribution in [0.1, 0.15) is 44.0 Å². The van der Waals surface area contributed by atoms with Gasteiger partial charge in [0.15, 0.2) is 11.5 Å². The van der Waals surface area contributed by atoms with E-state index in [0.29, 0.717) is 55.1 Å². The molecule has 0 saturated carbocycles. The van der Waals surface area contributed by atoms with Crippen molar-refractivity contribution in [2.75, 3.05) is 44.4 Å². The normalized spacial score (nSPS) is 14.2. The van der Waals surface area contributed by atoms with E-state index in [4.69, 9.17) is 14.2 Å². The number of benzene rings is 1. The van der Waals surface area contributed by atoms with Crippen LogP contribution >= 0.6 is 0 Å². The minimum Gasteiger partial charge on any atom is -0.490 e. The molecule has 1 amide bonds. The Morgan fingerprint density at radius 3 is 2.13 bits per heavy atom. The van der Waals surface area contributed by atoms with Gasteiger partial charge in [0, 0.05) is 37.6 Å². The molecular formula is C23H32N4O4. The predicted molar refractivity (Wildman–Crippen MR) is 119 cm³/mol. The molecule has 31 heavy (non-hydrogen) atoms. The Bertz CT molecular complexity index is 812. The molecule has 0 spiro atoms.